The van der Waals surface area contributed by atoms with Crippen LogP contribution in [0.5, 0.6) is 0 Å². The first-order chi connectivity index (χ1) is 8.15. The molecule has 1 aliphatic rings. The number of hydrogen-bond donors (Lipinski definition) is 1. The first-order valence-corrected chi connectivity index (χ1v) is 6.64. The van der Waals surface area contributed by atoms with Crippen LogP contribution in [-0.4, -0.2) is 19.3 Å². The Kier molecular flexibility index (Phi) is 4.17. The number of halogens is 2. The number of nitrogens with one attached hydrogen (secondary N) is 1. The van der Waals surface area contributed by atoms with Crippen molar-refractivity contribution in [3.8, 4) is 0 Å². The third-order valence-corrected chi connectivity index (χ3v) is 3.97. The summed E-state index contributed by atoms with van der Waals surface area (Å²) in [6, 6.07) is 5.15. The van der Waals surface area contributed by atoms with E-state index in [0.29, 0.717) is 12.1 Å². The highest BCUT2D eigenvalue weighted by molar-refractivity contribution is 9.10. The highest BCUT2D eigenvalue weighted by Gasteiger charge is 2.36. The van der Waals surface area contributed by atoms with Crippen molar-refractivity contribution in [2.24, 2.45) is 0 Å². The minimum absolute atomic E-state index is 0.00810. The van der Waals surface area contributed by atoms with Crippen molar-refractivity contribution in [1.29, 1.82) is 0 Å². The molecule has 2 nitrogen and oxygen atoms in total. The van der Waals surface area contributed by atoms with Gasteiger partial charge in [-0.2, -0.15) is 0 Å². The third-order valence-electron chi connectivity index (χ3n) is 3.48. The summed E-state index contributed by atoms with van der Waals surface area (Å²) in [4.78, 5) is 0. The average molecular weight is 302 g/mol. The van der Waals surface area contributed by atoms with E-state index in [0.717, 1.165) is 23.9 Å². The molecule has 1 aromatic rings. The van der Waals surface area contributed by atoms with Gasteiger partial charge in [-0.1, -0.05) is 22.0 Å². The van der Waals surface area contributed by atoms with Crippen molar-refractivity contribution in [2.45, 2.75) is 31.4 Å². The molecular formula is C13H17BrFNO. The van der Waals surface area contributed by atoms with E-state index in [9.17, 15) is 4.39 Å². The van der Waals surface area contributed by atoms with Crippen LogP contribution in [0.3, 0.4) is 0 Å². The molecule has 4 heteroatoms. The van der Waals surface area contributed by atoms with E-state index in [4.69, 9.17) is 4.74 Å². The second kappa shape index (κ2) is 5.46. The lowest BCUT2D eigenvalue weighted by molar-refractivity contribution is -0.0695. The fourth-order valence-electron chi connectivity index (χ4n) is 2.11. The van der Waals surface area contributed by atoms with Crippen LogP contribution in [0.15, 0.2) is 22.7 Å². The molecule has 0 aromatic heterocycles. The van der Waals surface area contributed by atoms with E-state index < -0.39 is 0 Å². The summed E-state index contributed by atoms with van der Waals surface area (Å²) in [5.41, 5.74) is 0.685. The van der Waals surface area contributed by atoms with Gasteiger partial charge < -0.3 is 10.1 Å². The van der Waals surface area contributed by atoms with Crippen LogP contribution in [0.2, 0.25) is 0 Å². The van der Waals surface area contributed by atoms with Crippen LogP contribution in [0.1, 0.15) is 24.8 Å². The molecule has 2 rings (SSSR count). The van der Waals surface area contributed by atoms with Crippen molar-refractivity contribution in [3.05, 3.63) is 34.1 Å². The van der Waals surface area contributed by atoms with Crippen LogP contribution in [-0.2, 0) is 11.3 Å². The van der Waals surface area contributed by atoms with E-state index in [1.165, 1.54) is 12.5 Å². The standard InChI is InChI=1S/C13H17BrFNO/c1-17-13(5-2-6-13)9-16-8-10-3-4-11(14)7-12(10)15/h3-4,7,16H,2,5-6,8-9H2,1H3. The third kappa shape index (κ3) is 3.06. The van der Waals surface area contributed by atoms with E-state index >= 15 is 0 Å². The second-order valence-corrected chi connectivity index (χ2v) is 5.50. The summed E-state index contributed by atoms with van der Waals surface area (Å²) >= 11 is 3.25. The summed E-state index contributed by atoms with van der Waals surface area (Å²) in [5.74, 6) is -0.174. The summed E-state index contributed by atoms with van der Waals surface area (Å²) in [7, 11) is 1.75. The van der Waals surface area contributed by atoms with Gasteiger partial charge in [0.15, 0.2) is 0 Å². The molecule has 0 amide bonds. The second-order valence-electron chi connectivity index (χ2n) is 4.58. The fourth-order valence-corrected chi connectivity index (χ4v) is 2.45. The molecule has 0 bridgehead atoms. The molecule has 1 aromatic carbocycles. The Bertz CT molecular complexity index is 387. The van der Waals surface area contributed by atoms with Crippen molar-refractivity contribution in [2.75, 3.05) is 13.7 Å². The lowest BCUT2D eigenvalue weighted by Gasteiger charge is -2.40. The number of ether oxygens (including phenoxy) is 1. The molecule has 0 saturated heterocycles. The first-order valence-electron chi connectivity index (χ1n) is 5.85. The number of rotatable bonds is 5. The van der Waals surface area contributed by atoms with E-state index in [1.54, 1.807) is 13.2 Å². The van der Waals surface area contributed by atoms with Crippen LogP contribution < -0.4 is 5.32 Å². The lowest BCUT2D eigenvalue weighted by atomic mass is 9.80. The molecule has 0 heterocycles. The molecule has 1 N–H and O–H groups in total. The lowest BCUT2D eigenvalue weighted by Crippen LogP contribution is -2.47. The molecule has 0 spiro atoms. The summed E-state index contributed by atoms with van der Waals surface area (Å²) in [6.45, 7) is 1.34. The number of hydrogen-bond acceptors (Lipinski definition) is 2. The Morgan fingerprint density at radius 2 is 2.24 bits per heavy atom. The fraction of sp³-hybridized carbons (Fsp3) is 0.538. The van der Waals surface area contributed by atoms with Crippen LogP contribution in [0.4, 0.5) is 4.39 Å². The van der Waals surface area contributed by atoms with Crippen molar-refractivity contribution < 1.29 is 9.13 Å². The molecule has 0 radical (unpaired) electrons. The smallest absolute Gasteiger partial charge is 0.128 e. The van der Waals surface area contributed by atoms with Gasteiger partial charge >= 0.3 is 0 Å². The molecule has 1 aliphatic carbocycles. The maximum Gasteiger partial charge on any atom is 0.128 e. The highest BCUT2D eigenvalue weighted by atomic mass is 79.9. The normalized spacial score (nSPS) is 17.8. The quantitative estimate of drug-likeness (QED) is 0.901. The molecule has 1 fully saturated rings. The van der Waals surface area contributed by atoms with Gasteiger partial charge in [0.25, 0.3) is 0 Å². The predicted octanol–water partition coefficient (Wildman–Crippen LogP) is 3.25. The van der Waals surface area contributed by atoms with E-state index in [2.05, 4.69) is 21.2 Å². The number of methoxy groups -OCH3 is 1. The van der Waals surface area contributed by atoms with Gasteiger partial charge in [-0.15, -0.1) is 0 Å². The van der Waals surface area contributed by atoms with Crippen LogP contribution >= 0.6 is 15.9 Å². The molecule has 1 saturated carbocycles. The maximum absolute atomic E-state index is 13.5. The molecule has 0 unspecified atom stereocenters. The topological polar surface area (TPSA) is 21.3 Å². The molecule has 0 aliphatic heterocycles. The van der Waals surface area contributed by atoms with Gasteiger partial charge in [-0.25, -0.2) is 4.39 Å². The Hall–Kier alpha value is -0.450. The Labute approximate surface area is 110 Å². The summed E-state index contributed by atoms with van der Waals surface area (Å²) < 4.78 is 19.8. The van der Waals surface area contributed by atoms with E-state index in [-0.39, 0.29) is 11.4 Å². The van der Waals surface area contributed by atoms with Gasteiger partial charge in [0.05, 0.1) is 5.60 Å². The SMILES string of the molecule is COC1(CNCc2ccc(Br)cc2F)CCC1. The maximum atomic E-state index is 13.5. The first kappa shape index (κ1) is 13.0. The molecular weight excluding hydrogens is 285 g/mol. The monoisotopic (exact) mass is 301 g/mol. The largest absolute Gasteiger partial charge is 0.377 e. The average Bonchev–Trinajstić information content (AvgIpc) is 2.25. The van der Waals surface area contributed by atoms with Crippen molar-refractivity contribution in [1.82, 2.24) is 5.32 Å². The zero-order chi connectivity index (χ0) is 12.3. The summed E-state index contributed by atoms with van der Waals surface area (Å²) in [6.07, 6.45) is 3.42. The Morgan fingerprint density at radius 1 is 1.47 bits per heavy atom. The molecule has 0 atom stereocenters. The minimum atomic E-state index is -0.174. The van der Waals surface area contributed by atoms with Gasteiger partial charge in [0.1, 0.15) is 5.82 Å². The Morgan fingerprint density at radius 3 is 2.76 bits per heavy atom. The minimum Gasteiger partial charge on any atom is -0.377 e. The number of benzene rings is 1. The molecule has 94 valence electrons. The summed E-state index contributed by atoms with van der Waals surface area (Å²) in [5, 5.41) is 3.28. The predicted molar refractivity (Wildman–Crippen MR) is 69.4 cm³/mol. The van der Waals surface area contributed by atoms with Gasteiger partial charge in [0, 0.05) is 30.2 Å². The van der Waals surface area contributed by atoms with Crippen LogP contribution in [0, 0.1) is 5.82 Å². The van der Waals surface area contributed by atoms with Gasteiger partial charge in [-0.05, 0) is 31.4 Å². The molecule has 17 heavy (non-hydrogen) atoms. The zero-order valence-electron chi connectivity index (χ0n) is 9.93. The Balaban J connectivity index is 1.85. The van der Waals surface area contributed by atoms with Gasteiger partial charge in [0.2, 0.25) is 0 Å². The zero-order valence-corrected chi connectivity index (χ0v) is 11.5. The van der Waals surface area contributed by atoms with Gasteiger partial charge in [-0.3, -0.25) is 0 Å². The highest BCUT2D eigenvalue weighted by Crippen LogP contribution is 2.34. The van der Waals surface area contributed by atoms with Crippen molar-refractivity contribution in [3.63, 3.8) is 0 Å². The van der Waals surface area contributed by atoms with Crippen LogP contribution in [0.25, 0.3) is 0 Å². The van der Waals surface area contributed by atoms with E-state index in [1.807, 2.05) is 6.07 Å². The van der Waals surface area contributed by atoms with Crippen molar-refractivity contribution >= 4 is 15.9 Å².